The summed E-state index contributed by atoms with van der Waals surface area (Å²) in [4.78, 5) is 2.61. The second-order valence-electron chi connectivity index (χ2n) is 6.16. The van der Waals surface area contributed by atoms with Gasteiger partial charge in [-0.05, 0) is 30.9 Å². The quantitative estimate of drug-likeness (QED) is 0.872. The van der Waals surface area contributed by atoms with E-state index in [-0.39, 0.29) is 30.4 Å². The zero-order valence-electron chi connectivity index (χ0n) is 12.6. The highest BCUT2D eigenvalue weighted by Crippen LogP contribution is 2.33. The van der Waals surface area contributed by atoms with Crippen LogP contribution in [0, 0.1) is 5.92 Å². The summed E-state index contributed by atoms with van der Waals surface area (Å²) in [5.41, 5.74) is 0. The molecule has 22 heavy (non-hydrogen) atoms. The van der Waals surface area contributed by atoms with Crippen LogP contribution in [0.4, 0.5) is 0 Å². The Morgan fingerprint density at radius 1 is 1.23 bits per heavy atom. The summed E-state index contributed by atoms with van der Waals surface area (Å²) in [6, 6.07) is 8.86. The van der Waals surface area contributed by atoms with Crippen molar-refractivity contribution in [2.45, 2.75) is 29.9 Å². The molecule has 2 aliphatic rings. The van der Waals surface area contributed by atoms with E-state index < -0.39 is 9.84 Å². The first-order valence-electron chi connectivity index (χ1n) is 7.84. The van der Waals surface area contributed by atoms with Gasteiger partial charge in [0.25, 0.3) is 0 Å². The van der Waals surface area contributed by atoms with Crippen LogP contribution < -0.4 is 0 Å². The lowest BCUT2D eigenvalue weighted by molar-refractivity contribution is -0.0534. The summed E-state index contributed by atoms with van der Waals surface area (Å²) in [5, 5.41) is 9.34. The molecule has 3 rings (SSSR count). The number of ether oxygens (including phenoxy) is 1. The number of nitrogens with zero attached hydrogens (tertiary/aromatic N) is 1. The summed E-state index contributed by atoms with van der Waals surface area (Å²) < 4.78 is 30.6. The number of hydrogen-bond acceptors (Lipinski definition) is 5. The Bertz CT molecular complexity index is 589. The molecule has 1 aromatic carbocycles. The lowest BCUT2D eigenvalue weighted by atomic mass is 10.1. The first-order valence-corrected chi connectivity index (χ1v) is 9.49. The number of morpholine rings is 1. The molecule has 3 atom stereocenters. The standard InChI is InChI=1S/C16H23NO4S/c18-12-13-10-15-16(11-13)21-8-6-17(15)7-9-22(19,20)14-4-2-1-3-5-14/h1-5,13,15-16,18H,6-12H2/t13-,15+,16?/m1/s1. The van der Waals surface area contributed by atoms with E-state index >= 15 is 0 Å². The summed E-state index contributed by atoms with van der Waals surface area (Å²) >= 11 is 0. The van der Waals surface area contributed by atoms with Gasteiger partial charge in [0.2, 0.25) is 0 Å². The van der Waals surface area contributed by atoms with Crippen molar-refractivity contribution >= 4 is 9.84 Å². The van der Waals surface area contributed by atoms with Crippen molar-refractivity contribution in [3.05, 3.63) is 30.3 Å². The molecule has 2 fully saturated rings. The molecule has 5 nitrogen and oxygen atoms in total. The van der Waals surface area contributed by atoms with Crippen LogP contribution in [0.25, 0.3) is 0 Å². The van der Waals surface area contributed by atoms with Crippen molar-refractivity contribution in [2.75, 3.05) is 32.1 Å². The molecule has 0 radical (unpaired) electrons. The van der Waals surface area contributed by atoms with Crippen LogP contribution in [0.3, 0.4) is 0 Å². The molecule has 6 heteroatoms. The zero-order chi connectivity index (χ0) is 15.6. The van der Waals surface area contributed by atoms with Gasteiger partial charge >= 0.3 is 0 Å². The molecule has 1 aliphatic heterocycles. The highest BCUT2D eigenvalue weighted by Gasteiger charge is 2.40. The Hall–Kier alpha value is -0.950. The third-order valence-electron chi connectivity index (χ3n) is 4.76. The van der Waals surface area contributed by atoms with Crippen molar-refractivity contribution in [1.82, 2.24) is 4.90 Å². The zero-order valence-corrected chi connectivity index (χ0v) is 13.4. The Labute approximate surface area is 131 Å². The van der Waals surface area contributed by atoms with E-state index in [0.717, 1.165) is 19.4 Å². The molecule has 1 aliphatic carbocycles. The van der Waals surface area contributed by atoms with Crippen LogP contribution in [-0.2, 0) is 14.6 Å². The van der Waals surface area contributed by atoms with Crippen molar-refractivity contribution in [3.8, 4) is 0 Å². The number of fused-ring (bicyclic) bond motifs is 1. The molecule has 0 amide bonds. The van der Waals surface area contributed by atoms with Gasteiger partial charge in [-0.25, -0.2) is 8.42 Å². The van der Waals surface area contributed by atoms with Crippen LogP contribution >= 0.6 is 0 Å². The van der Waals surface area contributed by atoms with Crippen molar-refractivity contribution in [1.29, 1.82) is 0 Å². The number of rotatable bonds is 5. The minimum atomic E-state index is -3.24. The minimum Gasteiger partial charge on any atom is -0.396 e. The van der Waals surface area contributed by atoms with E-state index in [1.165, 1.54) is 0 Å². The molecule has 122 valence electrons. The van der Waals surface area contributed by atoms with E-state index in [9.17, 15) is 13.5 Å². The van der Waals surface area contributed by atoms with E-state index in [0.29, 0.717) is 18.0 Å². The summed E-state index contributed by atoms with van der Waals surface area (Å²) in [6.07, 6.45) is 1.92. The smallest absolute Gasteiger partial charge is 0.179 e. The maximum absolute atomic E-state index is 12.4. The van der Waals surface area contributed by atoms with Gasteiger partial charge in [0, 0.05) is 25.7 Å². The van der Waals surface area contributed by atoms with E-state index in [4.69, 9.17) is 4.74 Å². The number of benzene rings is 1. The predicted molar refractivity (Wildman–Crippen MR) is 83.4 cm³/mol. The molecule has 1 heterocycles. The molecule has 1 saturated heterocycles. The Morgan fingerprint density at radius 3 is 2.73 bits per heavy atom. The first-order chi connectivity index (χ1) is 10.6. The summed E-state index contributed by atoms with van der Waals surface area (Å²) in [5.74, 6) is 0.408. The van der Waals surface area contributed by atoms with E-state index in [2.05, 4.69) is 4.90 Å². The monoisotopic (exact) mass is 325 g/mol. The summed E-state index contributed by atoms with van der Waals surface area (Å²) in [7, 11) is -3.24. The van der Waals surface area contributed by atoms with Crippen molar-refractivity contribution in [3.63, 3.8) is 0 Å². The Kier molecular flexibility index (Phi) is 4.82. The van der Waals surface area contributed by atoms with Crippen LogP contribution in [0.1, 0.15) is 12.8 Å². The van der Waals surface area contributed by atoms with Gasteiger partial charge in [-0.2, -0.15) is 0 Å². The molecule has 0 bridgehead atoms. The normalized spacial score (nSPS) is 29.4. The average molecular weight is 325 g/mol. The lowest BCUT2D eigenvalue weighted by Crippen LogP contribution is -2.49. The topological polar surface area (TPSA) is 66.8 Å². The molecule has 1 aromatic rings. The van der Waals surface area contributed by atoms with Crippen LogP contribution in [0.15, 0.2) is 35.2 Å². The number of aliphatic hydroxyl groups excluding tert-OH is 1. The highest BCUT2D eigenvalue weighted by atomic mass is 32.2. The Morgan fingerprint density at radius 2 is 2.00 bits per heavy atom. The van der Waals surface area contributed by atoms with Gasteiger partial charge < -0.3 is 9.84 Å². The summed E-state index contributed by atoms with van der Waals surface area (Å²) in [6.45, 7) is 2.13. The van der Waals surface area contributed by atoms with Gasteiger partial charge in [-0.15, -0.1) is 0 Å². The maximum Gasteiger partial charge on any atom is 0.179 e. The van der Waals surface area contributed by atoms with E-state index in [1.54, 1.807) is 24.3 Å². The molecular weight excluding hydrogens is 302 g/mol. The SMILES string of the molecule is O=S(=O)(CCN1CCOC2C[C@H](CO)C[C@@H]21)c1ccccc1. The van der Waals surface area contributed by atoms with Gasteiger partial charge in [-0.3, -0.25) is 4.90 Å². The van der Waals surface area contributed by atoms with E-state index in [1.807, 2.05) is 6.07 Å². The maximum atomic E-state index is 12.4. The minimum absolute atomic E-state index is 0.129. The predicted octanol–water partition coefficient (Wildman–Crippen LogP) is 0.932. The van der Waals surface area contributed by atoms with Gasteiger partial charge in [0.1, 0.15) is 0 Å². The van der Waals surface area contributed by atoms with Gasteiger partial charge in [0.05, 0.1) is 23.4 Å². The van der Waals surface area contributed by atoms with Crippen LogP contribution in [0.5, 0.6) is 0 Å². The number of aliphatic hydroxyl groups is 1. The molecule has 1 unspecified atom stereocenters. The van der Waals surface area contributed by atoms with Gasteiger partial charge in [-0.1, -0.05) is 18.2 Å². The van der Waals surface area contributed by atoms with Crippen LogP contribution in [0.2, 0.25) is 0 Å². The second-order valence-corrected chi connectivity index (χ2v) is 8.27. The van der Waals surface area contributed by atoms with Crippen molar-refractivity contribution < 1.29 is 18.3 Å². The first kappa shape index (κ1) is 15.9. The molecule has 0 spiro atoms. The highest BCUT2D eigenvalue weighted by molar-refractivity contribution is 7.91. The number of hydrogen-bond donors (Lipinski definition) is 1. The lowest BCUT2D eigenvalue weighted by Gasteiger charge is -2.37. The fourth-order valence-corrected chi connectivity index (χ4v) is 4.82. The number of sulfone groups is 1. The van der Waals surface area contributed by atoms with Crippen LogP contribution in [-0.4, -0.2) is 62.6 Å². The fraction of sp³-hybridized carbons (Fsp3) is 0.625. The third-order valence-corrected chi connectivity index (χ3v) is 6.47. The Balaban J connectivity index is 1.63. The second kappa shape index (κ2) is 6.66. The molecular formula is C16H23NO4S. The molecule has 1 N–H and O–H groups in total. The molecule has 1 saturated carbocycles. The largest absolute Gasteiger partial charge is 0.396 e. The third kappa shape index (κ3) is 3.35. The van der Waals surface area contributed by atoms with Gasteiger partial charge in [0.15, 0.2) is 9.84 Å². The fourth-order valence-electron chi connectivity index (χ4n) is 3.54. The van der Waals surface area contributed by atoms with Crippen molar-refractivity contribution in [2.24, 2.45) is 5.92 Å². The average Bonchev–Trinajstić information content (AvgIpc) is 2.97. The molecule has 0 aromatic heterocycles.